The van der Waals surface area contributed by atoms with E-state index in [1.54, 1.807) is 6.07 Å². The van der Waals surface area contributed by atoms with Crippen LogP contribution in [0.1, 0.15) is 11.1 Å². The van der Waals surface area contributed by atoms with E-state index in [1.165, 1.54) is 0 Å². The zero-order chi connectivity index (χ0) is 16.5. The van der Waals surface area contributed by atoms with Crippen molar-refractivity contribution >= 4 is 0 Å². The van der Waals surface area contributed by atoms with E-state index in [-0.39, 0.29) is 16.7 Å². The van der Waals surface area contributed by atoms with Crippen molar-refractivity contribution in [1.29, 1.82) is 5.26 Å². The summed E-state index contributed by atoms with van der Waals surface area (Å²) in [5, 5.41) is 12.2. The molecule has 0 saturated carbocycles. The summed E-state index contributed by atoms with van der Waals surface area (Å²) < 4.78 is 75.5. The van der Waals surface area contributed by atoms with E-state index in [1.807, 2.05) is 0 Å². The van der Waals surface area contributed by atoms with Crippen LogP contribution in [-0.2, 0) is 12.7 Å². The average molecular weight is 319 g/mol. The zero-order valence-electron chi connectivity index (χ0n) is 10.7. The lowest BCUT2D eigenvalue weighted by Crippen LogP contribution is -2.17. The average Bonchev–Trinajstić information content (AvgIpc) is 2.83. The fourth-order valence-electron chi connectivity index (χ4n) is 1.81. The number of hydrogen-bond donors (Lipinski definition) is 0. The van der Waals surface area contributed by atoms with E-state index in [0.717, 1.165) is 24.5 Å². The number of halogens is 6. The van der Waals surface area contributed by atoms with Gasteiger partial charge in [0.1, 0.15) is 6.54 Å². The molecule has 9 heteroatoms. The second-order valence-electron chi connectivity index (χ2n) is 4.45. The number of rotatable bonds is 2. The van der Waals surface area contributed by atoms with Crippen LogP contribution in [0.5, 0.6) is 0 Å². The summed E-state index contributed by atoms with van der Waals surface area (Å²) in [5.41, 5.74) is -1.26. The molecule has 2 rings (SSSR count). The summed E-state index contributed by atoms with van der Waals surface area (Å²) in [7, 11) is 0. The molecule has 0 aliphatic carbocycles. The standard InChI is InChI=1S/C13H7F6N3/c14-12(15,16)7-22-6-10(5-21-22)9-1-8(4-20)2-11(3-9)13(17,18)19/h1-3,5-6H,7H2. The van der Waals surface area contributed by atoms with Crippen LogP contribution in [0.2, 0.25) is 0 Å². The summed E-state index contributed by atoms with van der Waals surface area (Å²) in [5.74, 6) is 0. The molecule has 0 saturated heterocycles. The number of benzene rings is 1. The molecule has 0 atom stereocenters. The highest BCUT2D eigenvalue weighted by molar-refractivity contribution is 5.65. The lowest BCUT2D eigenvalue weighted by atomic mass is 10.0. The van der Waals surface area contributed by atoms with E-state index < -0.39 is 24.5 Å². The van der Waals surface area contributed by atoms with Crippen LogP contribution in [0, 0.1) is 11.3 Å². The van der Waals surface area contributed by atoms with E-state index >= 15 is 0 Å². The number of alkyl halides is 6. The maximum absolute atomic E-state index is 12.7. The van der Waals surface area contributed by atoms with Crippen molar-refractivity contribution in [2.75, 3.05) is 0 Å². The molecule has 22 heavy (non-hydrogen) atoms. The molecular weight excluding hydrogens is 312 g/mol. The van der Waals surface area contributed by atoms with Gasteiger partial charge in [-0.05, 0) is 23.8 Å². The molecule has 0 radical (unpaired) electrons. The summed E-state index contributed by atoms with van der Waals surface area (Å²) in [6.07, 6.45) is -7.16. The van der Waals surface area contributed by atoms with Crippen LogP contribution in [0.3, 0.4) is 0 Å². The van der Waals surface area contributed by atoms with Gasteiger partial charge in [-0.1, -0.05) is 0 Å². The largest absolute Gasteiger partial charge is 0.416 e. The van der Waals surface area contributed by atoms with Crippen molar-refractivity contribution in [1.82, 2.24) is 9.78 Å². The Balaban J connectivity index is 2.43. The summed E-state index contributed by atoms with van der Waals surface area (Å²) >= 11 is 0. The third-order valence-electron chi connectivity index (χ3n) is 2.70. The van der Waals surface area contributed by atoms with E-state index in [4.69, 9.17) is 5.26 Å². The smallest absolute Gasteiger partial charge is 0.263 e. The maximum Gasteiger partial charge on any atom is 0.416 e. The first-order chi connectivity index (χ1) is 10.1. The molecule has 0 aliphatic heterocycles. The first-order valence-electron chi connectivity index (χ1n) is 5.80. The SMILES string of the molecule is N#Cc1cc(-c2cnn(CC(F)(F)F)c2)cc(C(F)(F)F)c1. The summed E-state index contributed by atoms with van der Waals surface area (Å²) in [6.45, 7) is -1.35. The summed E-state index contributed by atoms with van der Waals surface area (Å²) in [4.78, 5) is 0. The summed E-state index contributed by atoms with van der Waals surface area (Å²) in [6, 6.07) is 4.17. The van der Waals surface area contributed by atoms with Crippen molar-refractivity contribution in [3.63, 3.8) is 0 Å². The second kappa shape index (κ2) is 5.36. The quantitative estimate of drug-likeness (QED) is 0.785. The Labute approximate surface area is 120 Å². The topological polar surface area (TPSA) is 41.6 Å². The Bertz CT molecular complexity index is 721. The van der Waals surface area contributed by atoms with Crippen molar-refractivity contribution in [2.45, 2.75) is 18.9 Å². The number of nitrogens with zero attached hydrogens (tertiary/aromatic N) is 3. The molecule has 1 aromatic carbocycles. The highest BCUT2D eigenvalue weighted by atomic mass is 19.4. The van der Waals surface area contributed by atoms with Gasteiger partial charge in [-0.3, -0.25) is 4.68 Å². The maximum atomic E-state index is 12.7. The van der Waals surface area contributed by atoms with Gasteiger partial charge in [-0.2, -0.15) is 36.7 Å². The van der Waals surface area contributed by atoms with Crippen LogP contribution in [0.4, 0.5) is 26.3 Å². The molecule has 0 unspecified atom stereocenters. The minimum atomic E-state index is -4.66. The minimum absolute atomic E-state index is 0.0280. The second-order valence-corrected chi connectivity index (χ2v) is 4.45. The Kier molecular flexibility index (Phi) is 3.87. The first kappa shape index (κ1) is 15.9. The lowest BCUT2D eigenvalue weighted by molar-refractivity contribution is -0.142. The molecule has 3 nitrogen and oxygen atoms in total. The van der Waals surface area contributed by atoms with E-state index in [0.29, 0.717) is 10.7 Å². The minimum Gasteiger partial charge on any atom is -0.263 e. The van der Waals surface area contributed by atoms with Gasteiger partial charge >= 0.3 is 12.4 Å². The molecule has 1 aromatic heterocycles. The molecule has 0 amide bonds. The molecule has 0 fully saturated rings. The van der Waals surface area contributed by atoms with Gasteiger partial charge in [0.15, 0.2) is 0 Å². The Morgan fingerprint density at radius 1 is 1.05 bits per heavy atom. The monoisotopic (exact) mass is 319 g/mol. The fourth-order valence-corrected chi connectivity index (χ4v) is 1.81. The van der Waals surface area contributed by atoms with Crippen LogP contribution >= 0.6 is 0 Å². The van der Waals surface area contributed by atoms with Crippen LogP contribution in [0.25, 0.3) is 11.1 Å². The van der Waals surface area contributed by atoms with E-state index in [2.05, 4.69) is 5.10 Å². The fraction of sp³-hybridized carbons (Fsp3) is 0.231. The normalized spacial score (nSPS) is 12.2. The Hall–Kier alpha value is -2.50. The molecular formula is C13H7F6N3. The molecule has 0 bridgehead atoms. The Morgan fingerprint density at radius 3 is 2.27 bits per heavy atom. The number of hydrogen-bond acceptors (Lipinski definition) is 2. The van der Waals surface area contributed by atoms with Gasteiger partial charge in [0.25, 0.3) is 0 Å². The van der Waals surface area contributed by atoms with Crippen LogP contribution in [0.15, 0.2) is 30.6 Å². The predicted octanol–water partition coefficient (Wildman–Crippen LogP) is 4.00. The van der Waals surface area contributed by atoms with Crippen molar-refractivity contribution in [2.24, 2.45) is 0 Å². The van der Waals surface area contributed by atoms with Crippen molar-refractivity contribution in [3.05, 3.63) is 41.7 Å². The van der Waals surface area contributed by atoms with Crippen LogP contribution in [-0.4, -0.2) is 16.0 Å². The molecule has 116 valence electrons. The third-order valence-corrected chi connectivity index (χ3v) is 2.70. The molecule has 2 aromatic rings. The van der Waals surface area contributed by atoms with Gasteiger partial charge < -0.3 is 0 Å². The van der Waals surface area contributed by atoms with Crippen molar-refractivity contribution < 1.29 is 26.3 Å². The lowest BCUT2D eigenvalue weighted by Gasteiger charge is -2.09. The zero-order valence-corrected chi connectivity index (χ0v) is 10.7. The third kappa shape index (κ3) is 3.78. The highest BCUT2D eigenvalue weighted by Crippen LogP contribution is 2.33. The van der Waals surface area contributed by atoms with Gasteiger partial charge in [-0.15, -0.1) is 0 Å². The number of nitriles is 1. The van der Waals surface area contributed by atoms with Crippen LogP contribution < -0.4 is 0 Å². The molecule has 1 heterocycles. The van der Waals surface area contributed by atoms with Gasteiger partial charge in [0, 0.05) is 11.8 Å². The highest BCUT2D eigenvalue weighted by Gasteiger charge is 2.32. The van der Waals surface area contributed by atoms with Gasteiger partial charge in [0.2, 0.25) is 0 Å². The number of aromatic nitrogens is 2. The predicted molar refractivity (Wildman–Crippen MR) is 63.4 cm³/mol. The van der Waals surface area contributed by atoms with Gasteiger partial charge in [-0.25, -0.2) is 0 Å². The molecule has 0 spiro atoms. The first-order valence-corrected chi connectivity index (χ1v) is 5.80. The molecule has 0 N–H and O–H groups in total. The Morgan fingerprint density at radius 2 is 1.73 bits per heavy atom. The van der Waals surface area contributed by atoms with E-state index in [9.17, 15) is 26.3 Å². The van der Waals surface area contributed by atoms with Crippen molar-refractivity contribution in [3.8, 4) is 17.2 Å². The van der Waals surface area contributed by atoms with Gasteiger partial charge in [0.05, 0.1) is 23.4 Å². The molecule has 0 aliphatic rings.